The first kappa shape index (κ1) is 13.5. The van der Waals surface area contributed by atoms with E-state index in [0.717, 1.165) is 19.7 Å². The van der Waals surface area contributed by atoms with Crippen LogP contribution in [0.25, 0.3) is 0 Å². The molecule has 2 aliphatic rings. The summed E-state index contributed by atoms with van der Waals surface area (Å²) < 4.78 is 6.39. The molecule has 2 fully saturated rings. The molecule has 0 radical (unpaired) electrons. The highest BCUT2D eigenvalue weighted by Crippen LogP contribution is 2.38. The number of hydrogen-bond donors (Lipinski definition) is 2. The van der Waals surface area contributed by atoms with Gasteiger partial charge in [0.1, 0.15) is 0 Å². The van der Waals surface area contributed by atoms with E-state index in [1.165, 1.54) is 12.8 Å². The fourth-order valence-corrected chi connectivity index (χ4v) is 3.58. The summed E-state index contributed by atoms with van der Waals surface area (Å²) in [6.07, 6.45) is 2.56. The van der Waals surface area contributed by atoms with Crippen LogP contribution >= 0.6 is 0 Å². The van der Waals surface area contributed by atoms with Gasteiger partial charge in [0, 0.05) is 19.1 Å². The van der Waals surface area contributed by atoms with E-state index in [0.29, 0.717) is 11.1 Å². The minimum Gasteiger partial charge on any atom is -0.415 e. The van der Waals surface area contributed by atoms with Crippen LogP contribution in [0.5, 0.6) is 0 Å². The molecule has 2 rings (SSSR count). The zero-order valence-electron chi connectivity index (χ0n) is 12.0. The minimum absolute atomic E-state index is 0.221. The number of nitrogens with one attached hydrogen (secondary N) is 2. The molecular formula is C13H28N2OSi. The SMILES string of the molecule is CC(C)(C)[Si](C)(C)OCC12CCC(CNC1)N2. The lowest BCUT2D eigenvalue weighted by Crippen LogP contribution is -2.61. The van der Waals surface area contributed by atoms with Crippen LogP contribution in [0.4, 0.5) is 0 Å². The second kappa shape index (κ2) is 4.33. The van der Waals surface area contributed by atoms with E-state index in [1.807, 2.05) is 0 Å². The first-order valence-corrected chi connectivity index (χ1v) is 9.77. The lowest BCUT2D eigenvalue weighted by Gasteiger charge is -2.41. The Morgan fingerprint density at radius 2 is 2.06 bits per heavy atom. The highest BCUT2D eigenvalue weighted by atomic mass is 28.4. The third kappa shape index (κ3) is 2.75. The average molecular weight is 256 g/mol. The molecule has 2 bridgehead atoms. The number of hydrogen-bond acceptors (Lipinski definition) is 3. The van der Waals surface area contributed by atoms with E-state index in [-0.39, 0.29) is 5.54 Å². The number of piperazine rings is 1. The Bertz CT molecular complexity index is 284. The smallest absolute Gasteiger partial charge is 0.192 e. The predicted octanol–water partition coefficient (Wildman–Crippen LogP) is 2.10. The van der Waals surface area contributed by atoms with Crippen molar-refractivity contribution >= 4 is 8.32 Å². The van der Waals surface area contributed by atoms with Crippen molar-refractivity contribution in [2.45, 2.75) is 63.3 Å². The van der Waals surface area contributed by atoms with Crippen molar-refractivity contribution < 1.29 is 4.43 Å². The van der Waals surface area contributed by atoms with Crippen molar-refractivity contribution in [3.05, 3.63) is 0 Å². The molecule has 100 valence electrons. The molecule has 3 nitrogen and oxygen atoms in total. The van der Waals surface area contributed by atoms with Crippen LogP contribution in [-0.4, -0.2) is 39.6 Å². The lowest BCUT2D eigenvalue weighted by atomic mass is 9.99. The van der Waals surface area contributed by atoms with Gasteiger partial charge in [0.25, 0.3) is 0 Å². The average Bonchev–Trinajstić information content (AvgIpc) is 2.51. The quantitative estimate of drug-likeness (QED) is 0.759. The monoisotopic (exact) mass is 256 g/mol. The van der Waals surface area contributed by atoms with Crippen molar-refractivity contribution in [3.63, 3.8) is 0 Å². The molecule has 2 saturated heterocycles. The van der Waals surface area contributed by atoms with Crippen LogP contribution in [0.2, 0.25) is 18.1 Å². The van der Waals surface area contributed by atoms with Crippen LogP contribution in [0.15, 0.2) is 0 Å². The van der Waals surface area contributed by atoms with Crippen molar-refractivity contribution in [2.24, 2.45) is 0 Å². The van der Waals surface area contributed by atoms with E-state index < -0.39 is 8.32 Å². The van der Waals surface area contributed by atoms with Gasteiger partial charge in [-0.1, -0.05) is 20.8 Å². The molecule has 4 heteroatoms. The molecule has 2 atom stereocenters. The van der Waals surface area contributed by atoms with E-state index >= 15 is 0 Å². The van der Waals surface area contributed by atoms with Crippen molar-refractivity contribution in [3.8, 4) is 0 Å². The Hall–Kier alpha value is 0.0969. The largest absolute Gasteiger partial charge is 0.415 e. The molecule has 0 aliphatic carbocycles. The van der Waals surface area contributed by atoms with Gasteiger partial charge in [0.05, 0.1) is 12.1 Å². The van der Waals surface area contributed by atoms with Crippen molar-refractivity contribution in [1.29, 1.82) is 0 Å². The fraction of sp³-hybridized carbons (Fsp3) is 1.00. The molecule has 0 aromatic heterocycles. The standard InChI is InChI=1S/C13H28N2OSi/c1-12(2,3)17(4,5)16-10-13-7-6-11(15-13)8-14-9-13/h11,14-15H,6-10H2,1-5H3. The third-order valence-corrected chi connectivity index (χ3v) is 9.33. The fourth-order valence-electron chi connectivity index (χ4n) is 2.51. The molecule has 2 unspecified atom stereocenters. The zero-order valence-corrected chi connectivity index (χ0v) is 13.0. The lowest BCUT2D eigenvalue weighted by molar-refractivity contribution is 0.161. The maximum atomic E-state index is 6.39. The summed E-state index contributed by atoms with van der Waals surface area (Å²) >= 11 is 0. The second-order valence-corrected chi connectivity index (χ2v) is 12.1. The van der Waals surface area contributed by atoms with E-state index in [1.54, 1.807) is 0 Å². The summed E-state index contributed by atoms with van der Waals surface area (Å²) in [7, 11) is -1.60. The molecule has 2 heterocycles. The first-order valence-electron chi connectivity index (χ1n) is 6.87. The summed E-state index contributed by atoms with van der Waals surface area (Å²) in [5, 5.41) is 7.61. The Morgan fingerprint density at radius 1 is 1.35 bits per heavy atom. The third-order valence-electron chi connectivity index (χ3n) is 4.85. The van der Waals surface area contributed by atoms with Gasteiger partial charge < -0.3 is 15.1 Å². The van der Waals surface area contributed by atoms with Gasteiger partial charge in [-0.2, -0.15) is 0 Å². The molecular weight excluding hydrogens is 228 g/mol. The molecule has 0 aromatic rings. The summed E-state index contributed by atoms with van der Waals surface area (Å²) in [5.74, 6) is 0. The van der Waals surface area contributed by atoms with Crippen LogP contribution in [0.1, 0.15) is 33.6 Å². The van der Waals surface area contributed by atoms with Crippen molar-refractivity contribution in [1.82, 2.24) is 10.6 Å². The van der Waals surface area contributed by atoms with Gasteiger partial charge in [-0.3, -0.25) is 0 Å². The highest BCUT2D eigenvalue weighted by molar-refractivity contribution is 6.74. The molecule has 0 saturated carbocycles. The Kier molecular flexibility index (Phi) is 3.45. The van der Waals surface area contributed by atoms with Gasteiger partial charge in [0.15, 0.2) is 8.32 Å². The van der Waals surface area contributed by atoms with Gasteiger partial charge in [0.2, 0.25) is 0 Å². The molecule has 2 aliphatic heterocycles. The molecule has 0 aromatic carbocycles. The van der Waals surface area contributed by atoms with Crippen LogP contribution < -0.4 is 10.6 Å². The molecule has 0 spiro atoms. The summed E-state index contributed by atoms with van der Waals surface area (Å²) in [6.45, 7) is 14.7. The van der Waals surface area contributed by atoms with Crippen LogP contribution in [0.3, 0.4) is 0 Å². The Morgan fingerprint density at radius 3 is 2.71 bits per heavy atom. The maximum absolute atomic E-state index is 6.39. The van der Waals surface area contributed by atoms with Crippen LogP contribution in [0, 0.1) is 0 Å². The summed E-state index contributed by atoms with van der Waals surface area (Å²) in [4.78, 5) is 0. The van der Waals surface area contributed by atoms with Gasteiger partial charge in [-0.15, -0.1) is 0 Å². The predicted molar refractivity (Wildman–Crippen MR) is 74.9 cm³/mol. The Labute approximate surface area is 107 Å². The zero-order chi connectivity index (χ0) is 12.7. The Balaban J connectivity index is 1.94. The van der Waals surface area contributed by atoms with Gasteiger partial charge in [-0.25, -0.2) is 0 Å². The van der Waals surface area contributed by atoms with E-state index in [2.05, 4.69) is 44.5 Å². The molecule has 2 N–H and O–H groups in total. The van der Waals surface area contributed by atoms with Gasteiger partial charge >= 0.3 is 0 Å². The number of rotatable bonds is 3. The van der Waals surface area contributed by atoms with Crippen LogP contribution in [-0.2, 0) is 4.43 Å². The maximum Gasteiger partial charge on any atom is 0.192 e. The molecule has 0 amide bonds. The minimum atomic E-state index is -1.60. The second-order valence-electron chi connectivity index (χ2n) is 7.34. The topological polar surface area (TPSA) is 33.3 Å². The first-order chi connectivity index (χ1) is 7.74. The number of fused-ring (bicyclic) bond motifs is 2. The summed E-state index contributed by atoms with van der Waals surface area (Å²) in [6, 6.07) is 0.673. The van der Waals surface area contributed by atoms with E-state index in [9.17, 15) is 0 Å². The van der Waals surface area contributed by atoms with Gasteiger partial charge in [-0.05, 0) is 31.0 Å². The normalized spacial score (nSPS) is 34.1. The van der Waals surface area contributed by atoms with Crippen molar-refractivity contribution in [2.75, 3.05) is 19.7 Å². The molecule has 17 heavy (non-hydrogen) atoms. The van der Waals surface area contributed by atoms with E-state index in [4.69, 9.17) is 4.43 Å². The highest BCUT2D eigenvalue weighted by Gasteiger charge is 2.44. The summed E-state index contributed by atoms with van der Waals surface area (Å²) in [5.41, 5.74) is 0.221.